The molecule has 5 rings (SSSR count). The SMILES string of the molecule is CCCCCCCCCC(=O)OC1Cc2ccc(CCN3CCN(c4cc(F)cc5sccc45)CC3)cc2N(C(=O)OC)C1=O. The maximum absolute atomic E-state index is 14.2. The highest BCUT2D eigenvalue weighted by Gasteiger charge is 2.39. The van der Waals surface area contributed by atoms with Crippen molar-refractivity contribution in [2.45, 2.75) is 77.2 Å². The zero-order valence-electron chi connectivity index (χ0n) is 26.4. The monoisotopic (exact) mass is 637 g/mol. The maximum Gasteiger partial charge on any atom is 0.421 e. The fourth-order valence-corrected chi connectivity index (χ4v) is 7.12. The molecule has 1 unspecified atom stereocenters. The quantitative estimate of drug-likeness (QED) is 0.146. The number of hydrogen-bond donors (Lipinski definition) is 0. The fourth-order valence-electron chi connectivity index (χ4n) is 6.29. The molecule has 45 heavy (non-hydrogen) atoms. The Morgan fingerprint density at radius 2 is 1.71 bits per heavy atom. The van der Waals surface area contributed by atoms with Crippen LogP contribution in [0.3, 0.4) is 0 Å². The Morgan fingerprint density at radius 3 is 2.47 bits per heavy atom. The number of halogens is 1. The van der Waals surface area contributed by atoms with E-state index in [2.05, 4.69) is 22.8 Å². The molecular formula is C35H44FN3O5S. The minimum Gasteiger partial charge on any atom is -0.452 e. The third-order valence-corrected chi connectivity index (χ3v) is 9.72. The van der Waals surface area contributed by atoms with Crippen LogP contribution in [0.1, 0.15) is 69.4 Å². The average molecular weight is 638 g/mol. The number of carbonyl (C=O) groups excluding carboxylic acids is 3. The molecule has 0 saturated carbocycles. The van der Waals surface area contributed by atoms with Crippen LogP contribution >= 0.6 is 11.3 Å². The van der Waals surface area contributed by atoms with E-state index < -0.39 is 24.1 Å². The van der Waals surface area contributed by atoms with E-state index in [1.807, 2.05) is 23.6 Å². The molecule has 0 bridgehead atoms. The van der Waals surface area contributed by atoms with Crippen LogP contribution in [-0.2, 0) is 31.9 Å². The largest absolute Gasteiger partial charge is 0.452 e. The summed E-state index contributed by atoms with van der Waals surface area (Å²) in [6, 6.07) is 11.1. The first kappa shape index (κ1) is 32.9. The number of imide groups is 1. The first-order valence-corrected chi connectivity index (χ1v) is 17.1. The first-order valence-electron chi connectivity index (χ1n) is 16.2. The van der Waals surface area contributed by atoms with Gasteiger partial charge in [-0.15, -0.1) is 11.3 Å². The number of piperazine rings is 1. The number of anilines is 2. The van der Waals surface area contributed by atoms with Crippen LogP contribution in [-0.4, -0.2) is 68.8 Å². The van der Waals surface area contributed by atoms with Gasteiger partial charge in [0, 0.05) is 61.3 Å². The van der Waals surface area contributed by atoms with Crippen LogP contribution < -0.4 is 9.80 Å². The van der Waals surface area contributed by atoms with Crippen molar-refractivity contribution in [2.75, 3.05) is 49.6 Å². The molecule has 2 aromatic carbocycles. The van der Waals surface area contributed by atoms with Crippen LogP contribution in [0.5, 0.6) is 0 Å². The molecule has 8 nitrogen and oxygen atoms in total. The first-order chi connectivity index (χ1) is 21.9. The number of rotatable bonds is 13. The molecule has 1 fully saturated rings. The highest BCUT2D eigenvalue weighted by Crippen LogP contribution is 2.33. The molecule has 2 aliphatic heterocycles. The molecule has 1 saturated heterocycles. The topological polar surface area (TPSA) is 79.4 Å². The average Bonchev–Trinajstić information content (AvgIpc) is 3.52. The maximum atomic E-state index is 14.2. The minimum atomic E-state index is -1.05. The van der Waals surface area contributed by atoms with Crippen molar-refractivity contribution in [1.29, 1.82) is 0 Å². The van der Waals surface area contributed by atoms with Gasteiger partial charge in [-0.1, -0.05) is 57.6 Å². The van der Waals surface area contributed by atoms with E-state index in [9.17, 15) is 18.8 Å². The van der Waals surface area contributed by atoms with Gasteiger partial charge in [0.1, 0.15) is 5.82 Å². The van der Waals surface area contributed by atoms with Crippen molar-refractivity contribution in [3.8, 4) is 0 Å². The Bertz CT molecular complexity index is 1490. The molecule has 10 heteroatoms. The van der Waals surface area contributed by atoms with Gasteiger partial charge in [-0.05, 0) is 53.6 Å². The lowest BCUT2D eigenvalue weighted by Gasteiger charge is -2.36. The van der Waals surface area contributed by atoms with Crippen LogP contribution in [0, 0.1) is 5.82 Å². The molecule has 0 radical (unpaired) electrons. The summed E-state index contributed by atoms with van der Waals surface area (Å²) in [7, 11) is 1.24. The highest BCUT2D eigenvalue weighted by atomic mass is 32.1. The number of methoxy groups -OCH3 is 1. The van der Waals surface area contributed by atoms with Crippen molar-refractivity contribution in [1.82, 2.24) is 4.90 Å². The zero-order chi connectivity index (χ0) is 31.8. The van der Waals surface area contributed by atoms with Gasteiger partial charge in [-0.3, -0.25) is 14.5 Å². The molecule has 1 atom stereocenters. The predicted octanol–water partition coefficient (Wildman–Crippen LogP) is 7.11. The number of amides is 2. The normalized spacial score (nSPS) is 17.0. The third-order valence-electron chi connectivity index (χ3n) is 8.85. The predicted molar refractivity (Wildman–Crippen MR) is 177 cm³/mol. The summed E-state index contributed by atoms with van der Waals surface area (Å²) in [6.45, 7) is 6.32. The number of thiophene rings is 1. The number of hydrogen-bond acceptors (Lipinski definition) is 8. The number of ether oxygens (including phenoxy) is 2. The van der Waals surface area contributed by atoms with Gasteiger partial charge in [0.15, 0.2) is 6.10 Å². The summed E-state index contributed by atoms with van der Waals surface area (Å²) in [5.74, 6) is -1.20. The second-order valence-corrected chi connectivity index (χ2v) is 12.9. The summed E-state index contributed by atoms with van der Waals surface area (Å²) in [6.07, 6.45) is 6.98. The summed E-state index contributed by atoms with van der Waals surface area (Å²) in [5, 5.41) is 3.10. The lowest BCUT2D eigenvalue weighted by molar-refractivity contribution is -0.155. The molecule has 0 aliphatic carbocycles. The lowest BCUT2D eigenvalue weighted by atomic mass is 9.96. The van der Waals surface area contributed by atoms with Gasteiger partial charge >= 0.3 is 12.1 Å². The molecule has 2 amide bonds. The van der Waals surface area contributed by atoms with E-state index in [-0.39, 0.29) is 18.7 Å². The van der Waals surface area contributed by atoms with E-state index in [0.717, 1.165) is 90.2 Å². The van der Waals surface area contributed by atoms with Crippen molar-refractivity contribution in [2.24, 2.45) is 0 Å². The standard InChI is InChI=1S/C35H44FN3O5S/c1-3-4-5-6-7-8-9-10-33(40)44-31-22-26-12-11-25(21-29(26)39(34(31)41)35(42)43-2)13-15-37-16-18-38(19-17-37)30-23-27(36)24-32-28(30)14-20-45-32/h11-12,14,20-21,23-24,31H,3-10,13,15-19,22H2,1-2H3. The third kappa shape index (κ3) is 8.21. The number of fused-ring (bicyclic) bond motifs is 2. The second kappa shape index (κ2) is 15.7. The van der Waals surface area contributed by atoms with Gasteiger partial charge in [-0.25, -0.2) is 14.1 Å². The van der Waals surface area contributed by atoms with Gasteiger partial charge in [0.25, 0.3) is 5.91 Å². The second-order valence-electron chi connectivity index (χ2n) is 12.0. The zero-order valence-corrected chi connectivity index (χ0v) is 27.2. The minimum absolute atomic E-state index is 0.206. The Labute approximate surface area is 269 Å². The van der Waals surface area contributed by atoms with E-state index in [0.29, 0.717) is 5.69 Å². The molecular weight excluding hydrogens is 593 g/mol. The van der Waals surface area contributed by atoms with Crippen LogP contribution in [0.15, 0.2) is 41.8 Å². The van der Waals surface area contributed by atoms with Crippen molar-refractivity contribution in [3.05, 3.63) is 58.7 Å². The lowest BCUT2D eigenvalue weighted by Crippen LogP contribution is -2.49. The number of carbonyl (C=O) groups is 3. The highest BCUT2D eigenvalue weighted by molar-refractivity contribution is 7.17. The van der Waals surface area contributed by atoms with E-state index in [1.54, 1.807) is 23.5 Å². The van der Waals surface area contributed by atoms with Crippen molar-refractivity contribution >= 4 is 50.8 Å². The summed E-state index contributed by atoms with van der Waals surface area (Å²) in [4.78, 5) is 44.3. The Kier molecular flexibility index (Phi) is 11.5. The van der Waals surface area contributed by atoms with Gasteiger partial charge in [0.2, 0.25) is 0 Å². The number of esters is 1. The number of benzene rings is 2. The summed E-state index contributed by atoms with van der Waals surface area (Å²) in [5.41, 5.74) is 3.20. The Hall–Kier alpha value is -3.50. The fraction of sp³-hybridized carbons (Fsp3) is 0.514. The van der Waals surface area contributed by atoms with Gasteiger partial charge in [-0.2, -0.15) is 0 Å². The van der Waals surface area contributed by atoms with Crippen LogP contribution in [0.4, 0.5) is 20.6 Å². The molecule has 3 heterocycles. The van der Waals surface area contributed by atoms with Crippen LogP contribution in [0.2, 0.25) is 0 Å². The van der Waals surface area contributed by atoms with Gasteiger partial charge in [0.05, 0.1) is 12.8 Å². The molecule has 0 spiro atoms. The van der Waals surface area contributed by atoms with E-state index in [4.69, 9.17) is 9.47 Å². The van der Waals surface area contributed by atoms with Crippen molar-refractivity contribution < 1.29 is 28.2 Å². The van der Waals surface area contributed by atoms with E-state index >= 15 is 0 Å². The van der Waals surface area contributed by atoms with E-state index in [1.165, 1.54) is 32.8 Å². The van der Waals surface area contributed by atoms with Crippen LogP contribution in [0.25, 0.3) is 10.1 Å². The molecule has 2 aliphatic rings. The molecule has 1 aromatic heterocycles. The Morgan fingerprint density at radius 1 is 0.956 bits per heavy atom. The summed E-state index contributed by atoms with van der Waals surface area (Å²) < 4.78 is 25.7. The molecule has 3 aromatic rings. The van der Waals surface area contributed by atoms with Crippen molar-refractivity contribution in [3.63, 3.8) is 0 Å². The molecule has 242 valence electrons. The summed E-state index contributed by atoms with van der Waals surface area (Å²) >= 11 is 1.55. The number of unbranched alkanes of at least 4 members (excludes halogenated alkanes) is 6. The smallest absolute Gasteiger partial charge is 0.421 e. The Balaban J connectivity index is 1.15. The number of nitrogens with zero attached hydrogens (tertiary/aromatic N) is 3. The van der Waals surface area contributed by atoms with Gasteiger partial charge < -0.3 is 14.4 Å². The molecule has 0 N–H and O–H groups in total.